The summed E-state index contributed by atoms with van der Waals surface area (Å²) in [6.07, 6.45) is 8.04. The molecule has 0 aliphatic carbocycles. The minimum Gasteiger partial charge on any atom is -0.381 e. The number of nitrogens with one attached hydrogen (secondary N) is 1. The Morgan fingerprint density at radius 1 is 1.27 bits per heavy atom. The normalized spacial score (nSPS) is 24.6. The fraction of sp³-hybridized carbons (Fsp3) is 0.750. The summed E-state index contributed by atoms with van der Waals surface area (Å²) in [5, 5.41) is 2.95. The summed E-state index contributed by atoms with van der Waals surface area (Å²) in [6, 6.07) is 0.552. The second-order valence-electron chi connectivity index (χ2n) is 6.37. The summed E-state index contributed by atoms with van der Waals surface area (Å²) in [7, 11) is 4.02. The Labute approximate surface area is 132 Å². The van der Waals surface area contributed by atoms with E-state index in [1.165, 1.54) is 0 Å². The number of rotatable bonds is 4. The maximum absolute atomic E-state index is 6.13. The van der Waals surface area contributed by atoms with Gasteiger partial charge in [-0.15, -0.1) is 0 Å². The second-order valence-corrected chi connectivity index (χ2v) is 6.37. The Bertz CT molecular complexity index is 468. The van der Waals surface area contributed by atoms with Crippen LogP contribution in [0.15, 0.2) is 12.4 Å². The molecule has 1 aromatic rings. The van der Waals surface area contributed by atoms with E-state index in [4.69, 9.17) is 9.47 Å². The van der Waals surface area contributed by atoms with E-state index >= 15 is 0 Å². The third kappa shape index (κ3) is 3.56. The predicted molar refractivity (Wildman–Crippen MR) is 84.8 cm³/mol. The van der Waals surface area contributed by atoms with E-state index in [1.807, 2.05) is 19.4 Å². The van der Waals surface area contributed by atoms with E-state index in [9.17, 15) is 0 Å². The van der Waals surface area contributed by atoms with E-state index < -0.39 is 0 Å². The van der Waals surface area contributed by atoms with Crippen LogP contribution in [0.5, 0.6) is 0 Å². The molecule has 1 aromatic heterocycles. The lowest BCUT2D eigenvalue weighted by Crippen LogP contribution is -2.50. The van der Waals surface area contributed by atoms with Gasteiger partial charge in [0.2, 0.25) is 5.95 Å². The highest BCUT2D eigenvalue weighted by Crippen LogP contribution is 2.36. The first kappa shape index (κ1) is 15.6. The van der Waals surface area contributed by atoms with E-state index in [-0.39, 0.29) is 5.60 Å². The lowest BCUT2D eigenvalue weighted by atomic mass is 9.83. The Balaban J connectivity index is 1.59. The average molecular weight is 306 g/mol. The molecule has 0 aromatic carbocycles. The van der Waals surface area contributed by atoms with Gasteiger partial charge in [0.15, 0.2) is 0 Å². The van der Waals surface area contributed by atoms with Crippen LogP contribution >= 0.6 is 0 Å². The van der Waals surface area contributed by atoms with Crippen molar-refractivity contribution >= 4 is 5.95 Å². The van der Waals surface area contributed by atoms with Gasteiger partial charge in [-0.2, -0.15) is 0 Å². The number of hydrogen-bond acceptors (Lipinski definition) is 6. The third-order valence-electron chi connectivity index (χ3n) is 4.86. The number of aromatic nitrogens is 2. The molecule has 0 bridgehead atoms. The molecule has 1 N–H and O–H groups in total. The second kappa shape index (κ2) is 6.89. The van der Waals surface area contributed by atoms with Gasteiger partial charge in [0.1, 0.15) is 0 Å². The van der Waals surface area contributed by atoms with Crippen LogP contribution in [0.2, 0.25) is 0 Å². The molecule has 122 valence electrons. The standard InChI is InChI=1S/C16H26N4O2/c1-17-15-18-10-13(11-19-15)12-20(2)14-3-6-22-16(9-14)4-7-21-8-5-16/h10-11,14H,3-9,12H2,1-2H3,(H,17,18,19). The smallest absolute Gasteiger partial charge is 0.222 e. The molecule has 0 radical (unpaired) electrons. The molecule has 1 spiro atoms. The highest BCUT2D eigenvalue weighted by atomic mass is 16.5. The molecule has 3 heterocycles. The Hall–Kier alpha value is -1.24. The van der Waals surface area contributed by atoms with Gasteiger partial charge in [0.25, 0.3) is 0 Å². The summed E-state index contributed by atoms with van der Waals surface area (Å²) in [5.41, 5.74) is 1.19. The SMILES string of the molecule is CNc1ncc(CN(C)C2CCOC3(CCOCC3)C2)cn1. The molecule has 2 aliphatic heterocycles. The fourth-order valence-corrected chi connectivity index (χ4v) is 3.45. The molecule has 0 saturated carbocycles. The van der Waals surface area contributed by atoms with E-state index in [0.717, 1.165) is 57.6 Å². The minimum atomic E-state index is 0.0436. The van der Waals surface area contributed by atoms with Crippen molar-refractivity contribution in [2.24, 2.45) is 0 Å². The van der Waals surface area contributed by atoms with E-state index in [1.54, 1.807) is 0 Å². The zero-order chi connectivity index (χ0) is 15.4. The van der Waals surface area contributed by atoms with Crippen molar-refractivity contribution < 1.29 is 9.47 Å². The lowest BCUT2D eigenvalue weighted by Gasteiger charge is -2.45. The molecule has 2 fully saturated rings. The molecule has 6 heteroatoms. The first-order chi connectivity index (χ1) is 10.7. The molecule has 3 rings (SSSR count). The first-order valence-electron chi connectivity index (χ1n) is 8.11. The third-order valence-corrected chi connectivity index (χ3v) is 4.86. The van der Waals surface area contributed by atoms with Gasteiger partial charge in [-0.25, -0.2) is 9.97 Å². The van der Waals surface area contributed by atoms with Crippen molar-refractivity contribution in [3.63, 3.8) is 0 Å². The van der Waals surface area contributed by atoms with Crippen LogP contribution in [0.25, 0.3) is 0 Å². The van der Waals surface area contributed by atoms with Crippen LogP contribution in [-0.2, 0) is 16.0 Å². The summed E-state index contributed by atoms with van der Waals surface area (Å²) in [5.74, 6) is 0.665. The van der Waals surface area contributed by atoms with Crippen LogP contribution in [0.4, 0.5) is 5.95 Å². The van der Waals surface area contributed by atoms with Gasteiger partial charge in [-0.1, -0.05) is 0 Å². The quantitative estimate of drug-likeness (QED) is 0.913. The number of ether oxygens (including phenoxy) is 2. The molecule has 1 unspecified atom stereocenters. The number of nitrogens with zero attached hydrogens (tertiary/aromatic N) is 3. The molecule has 22 heavy (non-hydrogen) atoms. The van der Waals surface area contributed by atoms with Gasteiger partial charge in [0, 0.05) is 57.4 Å². The summed E-state index contributed by atoms with van der Waals surface area (Å²) in [6.45, 7) is 3.39. The maximum atomic E-state index is 6.13. The largest absolute Gasteiger partial charge is 0.381 e. The molecule has 2 saturated heterocycles. The summed E-state index contributed by atoms with van der Waals surface area (Å²) < 4.78 is 11.6. The molecule has 2 aliphatic rings. The van der Waals surface area contributed by atoms with Crippen molar-refractivity contribution in [1.29, 1.82) is 0 Å². The molecular formula is C16H26N4O2. The van der Waals surface area contributed by atoms with Crippen molar-refractivity contribution in [2.75, 3.05) is 39.2 Å². The van der Waals surface area contributed by atoms with Gasteiger partial charge < -0.3 is 14.8 Å². The van der Waals surface area contributed by atoms with Gasteiger partial charge >= 0.3 is 0 Å². The average Bonchev–Trinajstić information content (AvgIpc) is 2.56. The lowest BCUT2D eigenvalue weighted by molar-refractivity contribution is -0.150. The Kier molecular flexibility index (Phi) is 4.90. The highest BCUT2D eigenvalue weighted by molar-refractivity contribution is 5.23. The summed E-state index contributed by atoms with van der Waals surface area (Å²) >= 11 is 0. The van der Waals surface area contributed by atoms with E-state index in [2.05, 4.69) is 27.2 Å². The minimum absolute atomic E-state index is 0.0436. The zero-order valence-corrected chi connectivity index (χ0v) is 13.5. The number of anilines is 1. The zero-order valence-electron chi connectivity index (χ0n) is 13.5. The molecule has 1 atom stereocenters. The molecule has 6 nitrogen and oxygen atoms in total. The van der Waals surface area contributed by atoms with E-state index in [0.29, 0.717) is 12.0 Å². The van der Waals surface area contributed by atoms with Crippen LogP contribution in [0, 0.1) is 0 Å². The van der Waals surface area contributed by atoms with Gasteiger partial charge in [0.05, 0.1) is 5.60 Å². The van der Waals surface area contributed by atoms with Crippen LogP contribution in [0.1, 0.15) is 31.2 Å². The van der Waals surface area contributed by atoms with Crippen molar-refractivity contribution in [2.45, 2.75) is 43.9 Å². The van der Waals surface area contributed by atoms with Gasteiger partial charge in [-0.3, -0.25) is 4.90 Å². The Morgan fingerprint density at radius 2 is 2.00 bits per heavy atom. The topological polar surface area (TPSA) is 59.5 Å². The monoisotopic (exact) mass is 306 g/mol. The van der Waals surface area contributed by atoms with Crippen molar-refractivity contribution in [3.8, 4) is 0 Å². The fourth-order valence-electron chi connectivity index (χ4n) is 3.45. The van der Waals surface area contributed by atoms with Gasteiger partial charge in [-0.05, 0) is 32.7 Å². The van der Waals surface area contributed by atoms with Crippen LogP contribution < -0.4 is 5.32 Å². The first-order valence-corrected chi connectivity index (χ1v) is 8.11. The van der Waals surface area contributed by atoms with Crippen molar-refractivity contribution in [3.05, 3.63) is 18.0 Å². The molecular weight excluding hydrogens is 280 g/mol. The van der Waals surface area contributed by atoms with Crippen molar-refractivity contribution in [1.82, 2.24) is 14.9 Å². The number of hydrogen-bond donors (Lipinski definition) is 1. The van der Waals surface area contributed by atoms with Crippen LogP contribution in [0.3, 0.4) is 0 Å². The Morgan fingerprint density at radius 3 is 2.68 bits per heavy atom. The predicted octanol–water partition coefficient (Wildman–Crippen LogP) is 1.68. The highest BCUT2D eigenvalue weighted by Gasteiger charge is 2.40. The van der Waals surface area contributed by atoms with Crippen LogP contribution in [-0.4, -0.2) is 60.4 Å². The summed E-state index contributed by atoms with van der Waals surface area (Å²) in [4.78, 5) is 11.0. The molecule has 0 amide bonds. The maximum Gasteiger partial charge on any atom is 0.222 e.